The molecule has 3 N–H and O–H groups in total. The summed E-state index contributed by atoms with van der Waals surface area (Å²) < 4.78 is 10.3. The van der Waals surface area contributed by atoms with Gasteiger partial charge >= 0.3 is 0 Å². The molecule has 0 atom stereocenters. The van der Waals surface area contributed by atoms with Crippen molar-refractivity contribution in [3.63, 3.8) is 0 Å². The van der Waals surface area contributed by atoms with Gasteiger partial charge in [0, 0.05) is 40.0 Å². The first-order chi connectivity index (χ1) is 8.29. The summed E-state index contributed by atoms with van der Waals surface area (Å²) in [6.07, 6.45) is 0.904. The van der Waals surface area contributed by atoms with Gasteiger partial charge in [-0.1, -0.05) is 0 Å². The average molecular weight is 246 g/mol. The molecule has 0 heterocycles. The molecule has 6 nitrogen and oxygen atoms in total. The summed E-state index contributed by atoms with van der Waals surface area (Å²) in [6.45, 7) is 8.53. The van der Waals surface area contributed by atoms with E-state index in [9.17, 15) is 0 Å². The van der Waals surface area contributed by atoms with Crippen molar-refractivity contribution in [2.75, 3.05) is 46.6 Å². The number of rotatable bonds is 9. The number of guanidine groups is 1. The summed E-state index contributed by atoms with van der Waals surface area (Å²) in [5, 5.41) is 0. The summed E-state index contributed by atoms with van der Waals surface area (Å²) >= 11 is 0. The first kappa shape index (κ1) is 16.1. The molecule has 0 spiro atoms. The highest BCUT2D eigenvalue weighted by molar-refractivity contribution is 5.79. The quantitative estimate of drug-likeness (QED) is 0.200. The van der Waals surface area contributed by atoms with E-state index in [0.29, 0.717) is 19.1 Å². The summed E-state index contributed by atoms with van der Waals surface area (Å²) in [4.78, 5) is 6.45. The van der Waals surface area contributed by atoms with Gasteiger partial charge in [0.15, 0.2) is 0 Å². The van der Waals surface area contributed by atoms with E-state index >= 15 is 0 Å². The van der Waals surface area contributed by atoms with Crippen LogP contribution < -0.4 is 11.3 Å². The number of hydrogen-bond donors (Lipinski definition) is 2. The number of aliphatic imine (C=N–C) groups is 1. The first-order valence-electron chi connectivity index (χ1n) is 6.12. The van der Waals surface area contributed by atoms with Gasteiger partial charge in [0.1, 0.15) is 0 Å². The molecule has 0 saturated carbocycles. The van der Waals surface area contributed by atoms with Crippen molar-refractivity contribution in [3.8, 4) is 0 Å². The Morgan fingerprint density at radius 1 is 1.35 bits per heavy atom. The predicted octanol–water partition coefficient (Wildman–Crippen LogP) is 0.201. The van der Waals surface area contributed by atoms with E-state index < -0.39 is 0 Å². The Morgan fingerprint density at radius 3 is 2.65 bits per heavy atom. The van der Waals surface area contributed by atoms with Crippen LogP contribution in [0.5, 0.6) is 0 Å². The Balaban J connectivity index is 4.02. The van der Waals surface area contributed by atoms with Crippen LogP contribution in [0.2, 0.25) is 0 Å². The van der Waals surface area contributed by atoms with Crippen LogP contribution in [0.3, 0.4) is 0 Å². The Hall–Kier alpha value is -0.850. The van der Waals surface area contributed by atoms with Gasteiger partial charge in [0.05, 0.1) is 6.61 Å². The lowest BCUT2D eigenvalue weighted by molar-refractivity contribution is 0.146. The Morgan fingerprint density at radius 2 is 2.12 bits per heavy atom. The lowest BCUT2D eigenvalue weighted by Gasteiger charge is -2.23. The van der Waals surface area contributed by atoms with Crippen LogP contribution in [-0.2, 0) is 9.47 Å². The molecule has 0 aromatic heterocycles. The normalized spacial score (nSPS) is 11.6. The molecular formula is C11H26N4O2. The van der Waals surface area contributed by atoms with E-state index in [4.69, 9.17) is 15.3 Å². The van der Waals surface area contributed by atoms with Crippen molar-refractivity contribution in [1.29, 1.82) is 0 Å². The van der Waals surface area contributed by atoms with Gasteiger partial charge in [-0.2, -0.15) is 0 Å². The third kappa shape index (κ3) is 7.95. The van der Waals surface area contributed by atoms with E-state index in [0.717, 1.165) is 32.7 Å². The zero-order valence-corrected chi connectivity index (χ0v) is 11.2. The van der Waals surface area contributed by atoms with Crippen LogP contribution >= 0.6 is 0 Å². The second-order valence-electron chi connectivity index (χ2n) is 3.47. The SMILES string of the molecule is CCOCCCN=C(NN)N(CC)CCOC. The number of ether oxygens (including phenoxy) is 2. The van der Waals surface area contributed by atoms with Gasteiger partial charge in [-0.25, -0.2) is 5.84 Å². The minimum absolute atomic E-state index is 0.660. The molecule has 0 radical (unpaired) electrons. The monoisotopic (exact) mass is 246 g/mol. The molecule has 0 aromatic carbocycles. The van der Waals surface area contributed by atoms with Crippen LogP contribution in [0, 0.1) is 0 Å². The summed E-state index contributed by atoms with van der Waals surface area (Å²) in [5.74, 6) is 6.18. The number of nitrogens with one attached hydrogen (secondary N) is 1. The van der Waals surface area contributed by atoms with Gasteiger partial charge in [-0.3, -0.25) is 10.4 Å². The minimum atomic E-state index is 0.660. The largest absolute Gasteiger partial charge is 0.383 e. The molecule has 0 aliphatic heterocycles. The van der Waals surface area contributed by atoms with Crippen molar-refractivity contribution in [2.24, 2.45) is 10.8 Å². The molecule has 0 aromatic rings. The first-order valence-corrected chi connectivity index (χ1v) is 6.12. The highest BCUT2D eigenvalue weighted by Gasteiger charge is 2.06. The van der Waals surface area contributed by atoms with E-state index in [1.807, 2.05) is 11.8 Å². The third-order valence-electron chi connectivity index (χ3n) is 2.29. The second-order valence-corrected chi connectivity index (χ2v) is 3.47. The maximum atomic E-state index is 5.47. The highest BCUT2D eigenvalue weighted by Crippen LogP contribution is 1.92. The van der Waals surface area contributed by atoms with E-state index in [2.05, 4.69) is 17.3 Å². The Bertz CT molecular complexity index is 200. The lowest BCUT2D eigenvalue weighted by atomic mass is 10.4. The zero-order valence-electron chi connectivity index (χ0n) is 11.2. The maximum Gasteiger partial charge on any atom is 0.208 e. The molecule has 0 rings (SSSR count). The van der Waals surface area contributed by atoms with Crippen molar-refractivity contribution in [3.05, 3.63) is 0 Å². The van der Waals surface area contributed by atoms with E-state index in [-0.39, 0.29) is 0 Å². The topological polar surface area (TPSA) is 72.1 Å². The molecule has 0 saturated heterocycles. The van der Waals surface area contributed by atoms with Gasteiger partial charge in [-0.05, 0) is 20.3 Å². The number of likely N-dealkylation sites (N-methyl/N-ethyl adjacent to an activating group) is 1. The van der Waals surface area contributed by atoms with Gasteiger partial charge in [-0.15, -0.1) is 0 Å². The van der Waals surface area contributed by atoms with Crippen molar-refractivity contribution >= 4 is 5.96 Å². The minimum Gasteiger partial charge on any atom is -0.383 e. The Kier molecular flexibility index (Phi) is 11.0. The van der Waals surface area contributed by atoms with Gasteiger partial charge in [0.25, 0.3) is 0 Å². The summed E-state index contributed by atoms with van der Waals surface area (Å²) in [7, 11) is 1.68. The van der Waals surface area contributed by atoms with Crippen molar-refractivity contribution in [1.82, 2.24) is 10.3 Å². The molecule has 0 amide bonds. The second kappa shape index (κ2) is 11.6. The van der Waals surface area contributed by atoms with E-state index in [1.54, 1.807) is 7.11 Å². The standard InChI is InChI=1S/C11H26N4O2/c1-4-15(8-10-16-3)11(14-12)13-7-6-9-17-5-2/h4-10,12H2,1-3H3,(H,13,14). The number of nitrogens with two attached hydrogens (primary N) is 1. The van der Waals surface area contributed by atoms with Crippen molar-refractivity contribution in [2.45, 2.75) is 20.3 Å². The highest BCUT2D eigenvalue weighted by atomic mass is 16.5. The maximum absolute atomic E-state index is 5.47. The molecule has 0 fully saturated rings. The fourth-order valence-corrected chi connectivity index (χ4v) is 1.35. The number of hydrazine groups is 1. The molecule has 0 aliphatic carbocycles. The smallest absolute Gasteiger partial charge is 0.208 e. The molecule has 17 heavy (non-hydrogen) atoms. The number of methoxy groups -OCH3 is 1. The Labute approximate surface area is 104 Å². The van der Waals surface area contributed by atoms with Crippen LogP contribution in [0.1, 0.15) is 20.3 Å². The summed E-state index contributed by atoms with van der Waals surface area (Å²) in [6, 6.07) is 0. The molecule has 0 bridgehead atoms. The van der Waals surface area contributed by atoms with Crippen LogP contribution in [0.15, 0.2) is 4.99 Å². The van der Waals surface area contributed by atoms with Gasteiger partial charge < -0.3 is 14.4 Å². The van der Waals surface area contributed by atoms with Crippen LogP contribution in [-0.4, -0.2) is 57.4 Å². The van der Waals surface area contributed by atoms with Crippen LogP contribution in [0.4, 0.5) is 0 Å². The predicted molar refractivity (Wildman–Crippen MR) is 69.9 cm³/mol. The average Bonchev–Trinajstić information content (AvgIpc) is 2.36. The molecular weight excluding hydrogens is 220 g/mol. The van der Waals surface area contributed by atoms with Crippen molar-refractivity contribution < 1.29 is 9.47 Å². The zero-order chi connectivity index (χ0) is 12.9. The number of nitrogens with zero attached hydrogens (tertiary/aromatic N) is 2. The fraction of sp³-hybridized carbons (Fsp3) is 0.909. The number of hydrogen-bond acceptors (Lipinski definition) is 4. The summed E-state index contributed by atoms with van der Waals surface area (Å²) in [5.41, 5.74) is 2.63. The lowest BCUT2D eigenvalue weighted by Crippen LogP contribution is -2.46. The molecule has 0 unspecified atom stereocenters. The van der Waals surface area contributed by atoms with Crippen LogP contribution in [0.25, 0.3) is 0 Å². The molecule has 0 aliphatic rings. The molecule has 6 heteroatoms. The van der Waals surface area contributed by atoms with E-state index in [1.165, 1.54) is 0 Å². The fourth-order valence-electron chi connectivity index (χ4n) is 1.35. The van der Waals surface area contributed by atoms with Gasteiger partial charge in [0.2, 0.25) is 5.96 Å². The molecule has 102 valence electrons. The third-order valence-corrected chi connectivity index (χ3v) is 2.29.